The first-order valence-corrected chi connectivity index (χ1v) is 6.98. The zero-order valence-electron chi connectivity index (χ0n) is 11.5. The summed E-state index contributed by atoms with van der Waals surface area (Å²) >= 11 is 0. The molecule has 1 aliphatic rings. The van der Waals surface area contributed by atoms with Gasteiger partial charge in [0, 0.05) is 6.92 Å². The molecule has 2 aromatic rings. The van der Waals surface area contributed by atoms with E-state index in [1.165, 1.54) is 19.1 Å². The molecule has 3 heteroatoms. The van der Waals surface area contributed by atoms with Crippen LogP contribution in [0.3, 0.4) is 0 Å². The molecule has 2 nitrogen and oxygen atoms in total. The Labute approximate surface area is 117 Å². The molecule has 1 saturated carbocycles. The maximum Gasteiger partial charge on any atom is 0.303 e. The lowest BCUT2D eigenvalue weighted by atomic mass is 9.90. The van der Waals surface area contributed by atoms with E-state index in [-0.39, 0.29) is 11.8 Å². The zero-order valence-corrected chi connectivity index (χ0v) is 11.5. The number of ether oxygens (including phenoxy) is 1. The second-order valence-corrected chi connectivity index (χ2v) is 5.50. The molecule has 0 atom stereocenters. The second kappa shape index (κ2) is 4.89. The van der Waals surface area contributed by atoms with Crippen molar-refractivity contribution in [2.45, 2.75) is 38.2 Å². The van der Waals surface area contributed by atoms with Crippen molar-refractivity contribution in [3.8, 4) is 0 Å². The molecule has 0 spiro atoms. The van der Waals surface area contributed by atoms with Crippen LogP contribution < -0.4 is 0 Å². The number of esters is 1. The lowest BCUT2D eigenvalue weighted by Crippen LogP contribution is -2.28. The summed E-state index contributed by atoms with van der Waals surface area (Å²) in [4.78, 5) is 11.4. The van der Waals surface area contributed by atoms with Crippen LogP contribution in [0.5, 0.6) is 0 Å². The standard InChI is InChI=1S/C17H17FO2/c1-12(19)20-17(8-2-3-9-17)15-6-4-14-11-16(18)7-5-13(14)10-15/h4-7,10-11H,2-3,8-9H2,1H3. The Morgan fingerprint density at radius 3 is 2.45 bits per heavy atom. The van der Waals surface area contributed by atoms with Crippen molar-refractivity contribution in [1.82, 2.24) is 0 Å². The maximum absolute atomic E-state index is 13.2. The first-order valence-electron chi connectivity index (χ1n) is 6.98. The molecule has 0 unspecified atom stereocenters. The fourth-order valence-corrected chi connectivity index (χ4v) is 3.17. The van der Waals surface area contributed by atoms with E-state index in [1.54, 1.807) is 6.07 Å². The molecule has 0 heterocycles. The van der Waals surface area contributed by atoms with Crippen LogP contribution in [0.15, 0.2) is 36.4 Å². The summed E-state index contributed by atoms with van der Waals surface area (Å²) in [6.07, 6.45) is 3.85. The van der Waals surface area contributed by atoms with Crippen LogP contribution in [0.1, 0.15) is 38.2 Å². The highest BCUT2D eigenvalue weighted by molar-refractivity contribution is 5.83. The first-order chi connectivity index (χ1) is 9.59. The van der Waals surface area contributed by atoms with Crippen LogP contribution in [-0.2, 0) is 15.1 Å². The quantitative estimate of drug-likeness (QED) is 0.761. The Balaban J connectivity index is 2.07. The summed E-state index contributed by atoms with van der Waals surface area (Å²) in [5.74, 6) is -0.480. The van der Waals surface area contributed by atoms with E-state index in [4.69, 9.17) is 4.74 Å². The number of carbonyl (C=O) groups is 1. The number of fused-ring (bicyclic) bond motifs is 1. The first kappa shape index (κ1) is 13.1. The molecular weight excluding hydrogens is 255 g/mol. The molecule has 0 bridgehead atoms. The molecule has 104 valence electrons. The second-order valence-electron chi connectivity index (χ2n) is 5.50. The van der Waals surface area contributed by atoms with Crippen LogP contribution in [0.4, 0.5) is 4.39 Å². The molecular formula is C17H17FO2. The van der Waals surface area contributed by atoms with Crippen molar-refractivity contribution < 1.29 is 13.9 Å². The number of halogens is 1. The molecule has 3 rings (SSSR count). The number of hydrogen-bond donors (Lipinski definition) is 0. The predicted molar refractivity (Wildman–Crippen MR) is 75.8 cm³/mol. The van der Waals surface area contributed by atoms with Crippen molar-refractivity contribution >= 4 is 16.7 Å². The Kier molecular flexibility index (Phi) is 3.20. The SMILES string of the molecule is CC(=O)OC1(c2ccc3cc(F)ccc3c2)CCCC1. The molecule has 0 saturated heterocycles. The molecule has 0 N–H and O–H groups in total. The predicted octanol–water partition coefficient (Wildman–Crippen LogP) is 4.31. The third kappa shape index (κ3) is 2.28. The number of hydrogen-bond acceptors (Lipinski definition) is 2. The van der Waals surface area contributed by atoms with E-state index in [0.29, 0.717) is 0 Å². The summed E-state index contributed by atoms with van der Waals surface area (Å²) in [6, 6.07) is 10.6. The highest BCUT2D eigenvalue weighted by atomic mass is 19.1. The van der Waals surface area contributed by atoms with Crippen molar-refractivity contribution in [1.29, 1.82) is 0 Å². The lowest BCUT2D eigenvalue weighted by Gasteiger charge is -2.29. The van der Waals surface area contributed by atoms with Gasteiger partial charge >= 0.3 is 5.97 Å². The molecule has 0 amide bonds. The Hall–Kier alpha value is -1.90. The highest BCUT2D eigenvalue weighted by Gasteiger charge is 2.38. The van der Waals surface area contributed by atoms with Gasteiger partial charge in [0.15, 0.2) is 0 Å². The third-order valence-corrected chi connectivity index (χ3v) is 4.08. The summed E-state index contributed by atoms with van der Waals surface area (Å²) < 4.78 is 18.9. The van der Waals surface area contributed by atoms with Gasteiger partial charge in [0.1, 0.15) is 11.4 Å². The van der Waals surface area contributed by atoms with E-state index in [0.717, 1.165) is 42.0 Å². The Morgan fingerprint density at radius 2 is 1.75 bits per heavy atom. The molecule has 1 aliphatic carbocycles. The average molecular weight is 272 g/mol. The van der Waals surface area contributed by atoms with E-state index < -0.39 is 5.60 Å². The van der Waals surface area contributed by atoms with Crippen LogP contribution in [-0.4, -0.2) is 5.97 Å². The van der Waals surface area contributed by atoms with Gasteiger partial charge in [-0.25, -0.2) is 4.39 Å². The van der Waals surface area contributed by atoms with Gasteiger partial charge < -0.3 is 4.74 Å². The molecule has 1 fully saturated rings. The van der Waals surface area contributed by atoms with E-state index in [2.05, 4.69) is 0 Å². The van der Waals surface area contributed by atoms with Crippen molar-refractivity contribution in [2.24, 2.45) is 0 Å². The van der Waals surface area contributed by atoms with Gasteiger partial charge in [-0.1, -0.05) is 18.2 Å². The Morgan fingerprint density at radius 1 is 1.10 bits per heavy atom. The van der Waals surface area contributed by atoms with E-state index in [9.17, 15) is 9.18 Å². The zero-order chi connectivity index (χ0) is 14.2. The molecule has 2 aromatic carbocycles. The minimum atomic E-state index is -0.492. The van der Waals surface area contributed by atoms with Crippen molar-refractivity contribution in [3.63, 3.8) is 0 Å². The van der Waals surface area contributed by atoms with Gasteiger partial charge in [0.2, 0.25) is 0 Å². The van der Waals surface area contributed by atoms with Crippen LogP contribution in [0, 0.1) is 5.82 Å². The third-order valence-electron chi connectivity index (χ3n) is 4.08. The molecule has 0 radical (unpaired) electrons. The largest absolute Gasteiger partial charge is 0.454 e. The van der Waals surface area contributed by atoms with Crippen LogP contribution in [0.2, 0.25) is 0 Å². The summed E-state index contributed by atoms with van der Waals surface area (Å²) in [5.41, 5.74) is 0.526. The normalized spacial score (nSPS) is 17.3. The summed E-state index contributed by atoms with van der Waals surface area (Å²) in [5, 5.41) is 1.84. The van der Waals surface area contributed by atoms with Crippen LogP contribution in [0.25, 0.3) is 10.8 Å². The fourth-order valence-electron chi connectivity index (χ4n) is 3.17. The van der Waals surface area contributed by atoms with Gasteiger partial charge in [-0.15, -0.1) is 0 Å². The van der Waals surface area contributed by atoms with Gasteiger partial charge in [0.05, 0.1) is 0 Å². The molecule has 0 aromatic heterocycles. The van der Waals surface area contributed by atoms with Gasteiger partial charge in [-0.3, -0.25) is 4.79 Å². The summed E-state index contributed by atoms with van der Waals surface area (Å²) in [6.45, 7) is 1.45. The Bertz CT molecular complexity index is 657. The smallest absolute Gasteiger partial charge is 0.303 e. The van der Waals surface area contributed by atoms with Crippen molar-refractivity contribution in [2.75, 3.05) is 0 Å². The van der Waals surface area contributed by atoms with E-state index >= 15 is 0 Å². The molecule has 20 heavy (non-hydrogen) atoms. The fraction of sp³-hybridized carbons (Fsp3) is 0.353. The topological polar surface area (TPSA) is 26.3 Å². The minimum Gasteiger partial charge on any atom is -0.454 e. The molecule has 0 aliphatic heterocycles. The van der Waals surface area contributed by atoms with Gasteiger partial charge in [-0.2, -0.15) is 0 Å². The number of carbonyl (C=O) groups excluding carboxylic acids is 1. The maximum atomic E-state index is 13.2. The minimum absolute atomic E-state index is 0.235. The van der Waals surface area contributed by atoms with Crippen molar-refractivity contribution in [3.05, 3.63) is 47.8 Å². The monoisotopic (exact) mass is 272 g/mol. The summed E-state index contributed by atoms with van der Waals surface area (Å²) in [7, 11) is 0. The lowest BCUT2D eigenvalue weighted by molar-refractivity contribution is -0.157. The number of rotatable bonds is 2. The van der Waals surface area contributed by atoms with Gasteiger partial charge in [0.25, 0.3) is 0 Å². The average Bonchev–Trinajstić information content (AvgIpc) is 2.87. The van der Waals surface area contributed by atoms with Crippen LogP contribution >= 0.6 is 0 Å². The highest BCUT2D eigenvalue weighted by Crippen LogP contribution is 2.43. The van der Waals surface area contributed by atoms with Gasteiger partial charge in [-0.05, 0) is 60.2 Å². The van der Waals surface area contributed by atoms with E-state index in [1.807, 2.05) is 18.2 Å². The number of benzene rings is 2.